The fourth-order valence-corrected chi connectivity index (χ4v) is 8.36. The predicted octanol–water partition coefficient (Wildman–Crippen LogP) is 0.265. The first-order valence-corrected chi connectivity index (χ1v) is 10.7. The highest BCUT2D eigenvalue weighted by Crippen LogP contribution is 2.77. The zero-order valence-electron chi connectivity index (χ0n) is 17.5. The molecule has 4 saturated carbocycles. The van der Waals surface area contributed by atoms with Crippen LogP contribution in [0, 0.1) is 34.0 Å². The number of Topliss-reactive ketones (excluding diaryl/α,β-unsaturated/α-hetero) is 1. The number of aliphatic hydroxyl groups excluding tert-OH is 3. The summed E-state index contributed by atoms with van der Waals surface area (Å²) >= 11 is 0. The van der Waals surface area contributed by atoms with Gasteiger partial charge >= 0.3 is 5.97 Å². The Balaban J connectivity index is 1.83. The van der Waals surface area contributed by atoms with Crippen LogP contribution in [0.4, 0.5) is 0 Å². The number of carbonyl (C=O) groups is 2. The Morgan fingerprint density at radius 1 is 1.17 bits per heavy atom. The minimum Gasteiger partial charge on any atom is -0.462 e. The quantitative estimate of drug-likeness (QED) is 0.349. The number of ether oxygens (including phenoxy) is 2. The zero-order chi connectivity index (χ0) is 22.0. The van der Waals surface area contributed by atoms with Gasteiger partial charge in [-0.25, -0.2) is 0 Å². The second-order valence-electron chi connectivity index (χ2n) is 10.7. The minimum atomic E-state index is -2.52. The zero-order valence-corrected chi connectivity index (χ0v) is 17.5. The van der Waals surface area contributed by atoms with Gasteiger partial charge < -0.3 is 29.9 Å². The molecule has 1 unspecified atom stereocenters. The maximum atomic E-state index is 13.6. The molecular formula is C22H30O8. The van der Waals surface area contributed by atoms with Gasteiger partial charge in [-0.05, 0) is 30.3 Å². The third-order valence-corrected chi connectivity index (χ3v) is 9.12. The molecular weight excluding hydrogens is 392 g/mol. The van der Waals surface area contributed by atoms with E-state index in [1.807, 2.05) is 13.8 Å². The van der Waals surface area contributed by atoms with Gasteiger partial charge in [-0.2, -0.15) is 0 Å². The maximum Gasteiger partial charge on any atom is 0.302 e. The highest BCUT2D eigenvalue weighted by molar-refractivity contribution is 6.05. The molecule has 2 saturated heterocycles. The van der Waals surface area contributed by atoms with Gasteiger partial charge in [-0.3, -0.25) is 9.59 Å². The third-order valence-electron chi connectivity index (χ3n) is 9.12. The standard InChI is InChI=1S/C22H30O8/c1-9-11-8-12(29-10(2)23)13-20-7-5-6-19(3,4)14(20)17(26)22(28,30-18(20)27)21(13,15(9)24)16(11)25/h11-14,16-18,25-28H,1,5-8H2,2-4H3/t11-,12-,13-,14+,16+,17-,18?,20+,21-,22+/m0/s1. The summed E-state index contributed by atoms with van der Waals surface area (Å²) in [6, 6.07) is 0. The Bertz CT molecular complexity index is 852. The summed E-state index contributed by atoms with van der Waals surface area (Å²) in [5, 5.41) is 45.8. The Labute approximate surface area is 174 Å². The van der Waals surface area contributed by atoms with E-state index in [4.69, 9.17) is 9.47 Å². The first kappa shape index (κ1) is 20.6. The van der Waals surface area contributed by atoms with E-state index in [1.165, 1.54) is 6.92 Å². The van der Waals surface area contributed by atoms with Gasteiger partial charge in [0, 0.05) is 30.1 Å². The van der Waals surface area contributed by atoms with E-state index in [0.717, 1.165) is 6.42 Å². The van der Waals surface area contributed by atoms with Crippen molar-refractivity contribution >= 4 is 11.8 Å². The molecule has 6 fully saturated rings. The lowest BCUT2D eigenvalue weighted by atomic mass is 9.35. The first-order valence-electron chi connectivity index (χ1n) is 10.7. The molecule has 4 aliphatic carbocycles. The lowest BCUT2D eigenvalue weighted by molar-refractivity contribution is -0.503. The van der Waals surface area contributed by atoms with Crippen molar-refractivity contribution in [2.75, 3.05) is 0 Å². The van der Waals surface area contributed by atoms with Crippen molar-refractivity contribution in [1.29, 1.82) is 0 Å². The van der Waals surface area contributed by atoms with E-state index in [9.17, 15) is 30.0 Å². The normalized spacial score (nSPS) is 55.8. The molecule has 6 aliphatic rings. The van der Waals surface area contributed by atoms with Gasteiger partial charge in [0.25, 0.3) is 0 Å². The molecule has 4 bridgehead atoms. The molecule has 166 valence electrons. The SMILES string of the molecule is C=C1C(=O)[C@]23[C@H](O)[C@H]1C[C@H](OC(C)=O)[C@H]2[C@]12CCCC(C)(C)[C@H]1[C@H](O)[C@@]3(O)OC2O. The van der Waals surface area contributed by atoms with Crippen LogP contribution in [0.2, 0.25) is 0 Å². The largest absolute Gasteiger partial charge is 0.462 e. The Hall–Kier alpha value is -1.32. The summed E-state index contributed by atoms with van der Waals surface area (Å²) in [5.74, 6) is -5.89. The highest BCUT2D eigenvalue weighted by Gasteiger charge is 2.89. The Morgan fingerprint density at radius 3 is 2.47 bits per heavy atom. The van der Waals surface area contributed by atoms with E-state index in [-0.39, 0.29) is 12.0 Å². The lowest BCUT2D eigenvalue weighted by Crippen LogP contribution is -2.87. The van der Waals surface area contributed by atoms with Crippen molar-refractivity contribution in [2.24, 2.45) is 34.0 Å². The number of carbonyl (C=O) groups excluding carboxylic acids is 2. The second-order valence-corrected chi connectivity index (χ2v) is 10.7. The number of esters is 1. The van der Waals surface area contributed by atoms with Gasteiger partial charge in [0.2, 0.25) is 5.79 Å². The molecule has 0 radical (unpaired) electrons. The summed E-state index contributed by atoms with van der Waals surface area (Å²) in [5.41, 5.74) is -3.47. The van der Waals surface area contributed by atoms with Crippen LogP contribution in [0.25, 0.3) is 0 Å². The summed E-state index contributed by atoms with van der Waals surface area (Å²) in [4.78, 5) is 25.6. The average Bonchev–Trinajstić information content (AvgIpc) is 2.74. The summed E-state index contributed by atoms with van der Waals surface area (Å²) < 4.78 is 11.3. The molecule has 8 nitrogen and oxygen atoms in total. The second kappa shape index (κ2) is 5.72. The van der Waals surface area contributed by atoms with Gasteiger partial charge in [-0.15, -0.1) is 0 Å². The molecule has 0 aromatic heterocycles. The molecule has 0 aromatic carbocycles. The smallest absolute Gasteiger partial charge is 0.302 e. The van der Waals surface area contributed by atoms with Gasteiger partial charge in [0.1, 0.15) is 17.6 Å². The van der Waals surface area contributed by atoms with E-state index in [2.05, 4.69) is 6.58 Å². The van der Waals surface area contributed by atoms with Crippen molar-refractivity contribution in [1.82, 2.24) is 0 Å². The van der Waals surface area contributed by atoms with Crippen molar-refractivity contribution in [2.45, 2.75) is 76.8 Å². The van der Waals surface area contributed by atoms with Crippen LogP contribution in [0.5, 0.6) is 0 Å². The molecule has 4 N–H and O–H groups in total. The van der Waals surface area contributed by atoms with E-state index in [1.54, 1.807) is 0 Å². The molecule has 0 amide bonds. The number of hydrogen-bond donors (Lipinski definition) is 4. The summed E-state index contributed by atoms with van der Waals surface area (Å²) in [7, 11) is 0. The first-order chi connectivity index (χ1) is 13.9. The molecule has 6 rings (SSSR count). The molecule has 2 spiro atoms. The van der Waals surface area contributed by atoms with Crippen LogP contribution in [-0.4, -0.2) is 62.6 Å². The Kier molecular flexibility index (Phi) is 3.92. The fourth-order valence-electron chi connectivity index (χ4n) is 8.36. The van der Waals surface area contributed by atoms with Crippen molar-refractivity contribution in [3.8, 4) is 0 Å². The van der Waals surface area contributed by atoms with Crippen LogP contribution in [0.1, 0.15) is 46.5 Å². The number of fused-ring (bicyclic) bond motifs is 2. The van der Waals surface area contributed by atoms with Crippen molar-refractivity contribution < 1.29 is 39.5 Å². The molecule has 2 aliphatic heterocycles. The molecule has 0 aromatic rings. The van der Waals surface area contributed by atoms with Gasteiger partial charge in [0.15, 0.2) is 12.1 Å². The average molecular weight is 422 g/mol. The summed E-state index contributed by atoms with van der Waals surface area (Å²) in [6.07, 6.45) is -3.13. The number of aliphatic hydroxyl groups is 4. The van der Waals surface area contributed by atoms with Crippen molar-refractivity contribution in [3.05, 3.63) is 12.2 Å². The minimum absolute atomic E-state index is 0.136. The molecule has 30 heavy (non-hydrogen) atoms. The summed E-state index contributed by atoms with van der Waals surface area (Å²) in [6.45, 7) is 9.05. The van der Waals surface area contributed by atoms with Gasteiger partial charge in [-0.1, -0.05) is 26.8 Å². The molecule has 2 heterocycles. The number of hydrogen-bond acceptors (Lipinski definition) is 8. The van der Waals surface area contributed by atoms with E-state index < -0.39 is 76.1 Å². The molecule has 8 heteroatoms. The topological polar surface area (TPSA) is 134 Å². The van der Waals surface area contributed by atoms with Crippen LogP contribution in [-0.2, 0) is 19.1 Å². The lowest BCUT2D eigenvalue weighted by Gasteiger charge is -2.75. The van der Waals surface area contributed by atoms with E-state index >= 15 is 0 Å². The predicted molar refractivity (Wildman–Crippen MR) is 101 cm³/mol. The Morgan fingerprint density at radius 2 is 1.83 bits per heavy atom. The van der Waals surface area contributed by atoms with Crippen LogP contribution in [0.3, 0.4) is 0 Å². The highest BCUT2D eigenvalue weighted by atomic mass is 16.7. The fraction of sp³-hybridized carbons (Fsp3) is 0.818. The van der Waals surface area contributed by atoms with Gasteiger partial charge in [0.05, 0.1) is 6.10 Å². The molecule has 10 atom stereocenters. The van der Waals surface area contributed by atoms with E-state index in [0.29, 0.717) is 12.8 Å². The van der Waals surface area contributed by atoms with Crippen molar-refractivity contribution in [3.63, 3.8) is 0 Å². The van der Waals surface area contributed by atoms with Crippen LogP contribution >= 0.6 is 0 Å². The van der Waals surface area contributed by atoms with Crippen LogP contribution in [0.15, 0.2) is 12.2 Å². The number of rotatable bonds is 1. The van der Waals surface area contributed by atoms with Crippen LogP contribution < -0.4 is 0 Å². The third kappa shape index (κ3) is 1.88. The number of ketones is 1. The monoisotopic (exact) mass is 422 g/mol. The maximum absolute atomic E-state index is 13.6.